The first kappa shape index (κ1) is 17.0. The molecule has 0 saturated heterocycles. The molecule has 3 aromatic rings. The van der Waals surface area contributed by atoms with Crippen molar-refractivity contribution in [3.63, 3.8) is 0 Å². The summed E-state index contributed by atoms with van der Waals surface area (Å²) in [5, 5.41) is 6.69. The highest BCUT2D eigenvalue weighted by Gasteiger charge is 2.03. The van der Waals surface area contributed by atoms with Crippen molar-refractivity contribution in [1.82, 2.24) is 9.97 Å². The van der Waals surface area contributed by atoms with Gasteiger partial charge in [0.15, 0.2) is 0 Å². The van der Waals surface area contributed by atoms with Gasteiger partial charge in [-0.1, -0.05) is 59.7 Å². The summed E-state index contributed by atoms with van der Waals surface area (Å²) in [4.78, 5) is 9.05. The Morgan fingerprint density at radius 2 is 1.48 bits per heavy atom. The van der Waals surface area contributed by atoms with Gasteiger partial charge in [-0.2, -0.15) is 4.98 Å². The number of hydrogen-bond donors (Lipinski definition) is 2. The minimum absolute atomic E-state index is 0.646. The van der Waals surface area contributed by atoms with E-state index in [1.165, 1.54) is 22.3 Å². The third-order valence-corrected chi connectivity index (χ3v) is 3.98. The van der Waals surface area contributed by atoms with Gasteiger partial charge in [0, 0.05) is 24.8 Å². The summed E-state index contributed by atoms with van der Waals surface area (Å²) >= 11 is 0. The topological polar surface area (TPSA) is 49.8 Å². The summed E-state index contributed by atoms with van der Waals surface area (Å²) in [6, 6.07) is 18.9. The normalized spacial score (nSPS) is 10.5. The second-order valence-electron chi connectivity index (χ2n) is 6.40. The van der Waals surface area contributed by atoms with Crippen molar-refractivity contribution in [2.75, 3.05) is 10.6 Å². The van der Waals surface area contributed by atoms with Crippen molar-refractivity contribution in [3.8, 4) is 0 Å². The highest BCUT2D eigenvalue weighted by Crippen LogP contribution is 2.13. The third-order valence-electron chi connectivity index (χ3n) is 3.98. The summed E-state index contributed by atoms with van der Waals surface area (Å²) in [5.74, 6) is 1.48. The number of nitrogens with one attached hydrogen (secondary N) is 2. The van der Waals surface area contributed by atoms with Crippen molar-refractivity contribution in [1.29, 1.82) is 0 Å². The molecule has 2 N–H and O–H groups in total. The van der Waals surface area contributed by atoms with Crippen molar-refractivity contribution in [3.05, 3.63) is 82.5 Å². The van der Waals surface area contributed by atoms with Crippen LogP contribution in [0.3, 0.4) is 0 Å². The van der Waals surface area contributed by atoms with Crippen LogP contribution in [0.2, 0.25) is 0 Å². The molecule has 0 atom stereocenters. The Bertz CT molecular complexity index is 841. The molecule has 3 rings (SSSR count). The first-order valence-electron chi connectivity index (χ1n) is 8.53. The van der Waals surface area contributed by atoms with Crippen LogP contribution < -0.4 is 10.6 Å². The molecule has 0 amide bonds. The highest BCUT2D eigenvalue weighted by atomic mass is 15.1. The molecule has 25 heavy (non-hydrogen) atoms. The van der Waals surface area contributed by atoms with E-state index in [-0.39, 0.29) is 0 Å². The van der Waals surface area contributed by atoms with Crippen LogP contribution in [-0.2, 0) is 13.1 Å². The number of anilines is 2. The number of hydrogen-bond acceptors (Lipinski definition) is 4. The molecule has 0 aliphatic rings. The maximum atomic E-state index is 4.57. The van der Waals surface area contributed by atoms with Crippen LogP contribution in [0.15, 0.2) is 54.6 Å². The van der Waals surface area contributed by atoms with Crippen LogP contribution >= 0.6 is 0 Å². The Kier molecular flexibility index (Phi) is 5.29. The number of aryl methyl sites for hydroxylation is 3. The average molecular weight is 332 g/mol. The number of aromatic nitrogens is 2. The van der Waals surface area contributed by atoms with E-state index in [1.807, 2.05) is 13.0 Å². The molecular weight excluding hydrogens is 308 g/mol. The fraction of sp³-hybridized carbons (Fsp3) is 0.238. The van der Waals surface area contributed by atoms with Gasteiger partial charge in [-0.05, 0) is 31.9 Å². The van der Waals surface area contributed by atoms with E-state index < -0.39 is 0 Å². The van der Waals surface area contributed by atoms with Crippen molar-refractivity contribution in [2.24, 2.45) is 0 Å². The minimum Gasteiger partial charge on any atom is -0.366 e. The van der Waals surface area contributed by atoms with Crippen LogP contribution in [0.1, 0.15) is 27.9 Å². The Hall–Kier alpha value is -2.88. The highest BCUT2D eigenvalue weighted by molar-refractivity contribution is 5.43. The molecule has 0 unspecified atom stereocenters. The predicted octanol–water partition coefficient (Wildman–Crippen LogP) is 4.63. The molecule has 0 bridgehead atoms. The lowest BCUT2D eigenvalue weighted by Gasteiger charge is -2.10. The van der Waals surface area contributed by atoms with Gasteiger partial charge in [0.2, 0.25) is 5.95 Å². The van der Waals surface area contributed by atoms with Gasteiger partial charge >= 0.3 is 0 Å². The van der Waals surface area contributed by atoms with E-state index in [0.717, 1.165) is 18.1 Å². The number of rotatable bonds is 6. The van der Waals surface area contributed by atoms with Crippen LogP contribution in [0, 0.1) is 20.8 Å². The van der Waals surface area contributed by atoms with Gasteiger partial charge in [-0.25, -0.2) is 4.98 Å². The molecule has 0 aliphatic carbocycles. The maximum Gasteiger partial charge on any atom is 0.225 e. The molecular formula is C21H24N4. The van der Waals surface area contributed by atoms with Crippen LogP contribution in [-0.4, -0.2) is 9.97 Å². The zero-order chi connectivity index (χ0) is 17.6. The van der Waals surface area contributed by atoms with Crippen molar-refractivity contribution >= 4 is 11.8 Å². The van der Waals surface area contributed by atoms with E-state index in [2.05, 4.69) is 83.0 Å². The smallest absolute Gasteiger partial charge is 0.225 e. The van der Waals surface area contributed by atoms with Gasteiger partial charge in [-0.3, -0.25) is 0 Å². The molecule has 128 valence electrons. The average Bonchev–Trinajstić information content (AvgIpc) is 2.59. The summed E-state index contributed by atoms with van der Waals surface area (Å²) in [6.45, 7) is 7.63. The Labute approximate surface area is 149 Å². The van der Waals surface area contributed by atoms with Crippen LogP contribution in [0.5, 0.6) is 0 Å². The fourth-order valence-corrected chi connectivity index (χ4v) is 2.64. The van der Waals surface area contributed by atoms with E-state index in [0.29, 0.717) is 12.5 Å². The Balaban J connectivity index is 1.64. The van der Waals surface area contributed by atoms with Gasteiger partial charge in [-0.15, -0.1) is 0 Å². The molecule has 4 heteroatoms. The van der Waals surface area contributed by atoms with Gasteiger partial charge in [0.05, 0.1) is 0 Å². The second kappa shape index (κ2) is 7.79. The van der Waals surface area contributed by atoms with Gasteiger partial charge < -0.3 is 10.6 Å². The summed E-state index contributed by atoms with van der Waals surface area (Å²) in [6.07, 6.45) is 0. The summed E-state index contributed by atoms with van der Waals surface area (Å²) in [7, 11) is 0. The fourth-order valence-electron chi connectivity index (χ4n) is 2.64. The largest absolute Gasteiger partial charge is 0.366 e. The molecule has 1 heterocycles. The van der Waals surface area contributed by atoms with Crippen molar-refractivity contribution in [2.45, 2.75) is 33.9 Å². The van der Waals surface area contributed by atoms with Gasteiger partial charge in [0.1, 0.15) is 5.82 Å². The quantitative estimate of drug-likeness (QED) is 0.691. The van der Waals surface area contributed by atoms with E-state index in [1.54, 1.807) is 0 Å². The first-order valence-corrected chi connectivity index (χ1v) is 8.53. The summed E-state index contributed by atoms with van der Waals surface area (Å²) < 4.78 is 0. The molecule has 0 spiro atoms. The molecule has 0 saturated carbocycles. The molecule has 4 nitrogen and oxygen atoms in total. The number of benzene rings is 2. The predicted molar refractivity (Wildman–Crippen MR) is 104 cm³/mol. The maximum absolute atomic E-state index is 4.57. The van der Waals surface area contributed by atoms with E-state index in [4.69, 9.17) is 0 Å². The Morgan fingerprint density at radius 1 is 0.720 bits per heavy atom. The zero-order valence-electron chi connectivity index (χ0n) is 15.0. The first-order chi connectivity index (χ1) is 12.1. The minimum atomic E-state index is 0.646. The number of nitrogens with zero attached hydrogens (tertiary/aromatic N) is 2. The van der Waals surface area contributed by atoms with E-state index >= 15 is 0 Å². The standard InChI is InChI=1S/C21H24N4/c1-15-7-9-18(10-8-15)13-22-20-12-17(3)24-21(25-20)23-14-19-6-4-5-16(2)11-19/h4-12H,13-14H2,1-3H3,(H2,22,23,24,25). The zero-order valence-corrected chi connectivity index (χ0v) is 15.0. The molecule has 0 aliphatic heterocycles. The van der Waals surface area contributed by atoms with Crippen molar-refractivity contribution < 1.29 is 0 Å². The monoisotopic (exact) mass is 332 g/mol. The summed E-state index contributed by atoms with van der Waals surface area (Å²) in [5.41, 5.74) is 5.91. The molecule has 2 aromatic carbocycles. The molecule has 0 fully saturated rings. The molecule has 0 radical (unpaired) electrons. The lowest BCUT2D eigenvalue weighted by molar-refractivity contribution is 1.01. The lowest BCUT2D eigenvalue weighted by Crippen LogP contribution is -2.08. The van der Waals surface area contributed by atoms with Crippen LogP contribution in [0.25, 0.3) is 0 Å². The van der Waals surface area contributed by atoms with Crippen LogP contribution in [0.4, 0.5) is 11.8 Å². The third kappa shape index (κ3) is 5.05. The van der Waals surface area contributed by atoms with Gasteiger partial charge in [0.25, 0.3) is 0 Å². The lowest BCUT2D eigenvalue weighted by atomic mass is 10.1. The van der Waals surface area contributed by atoms with E-state index in [9.17, 15) is 0 Å². The second-order valence-corrected chi connectivity index (χ2v) is 6.40. The SMILES string of the molecule is Cc1ccc(CNc2cc(C)nc(NCc3cccc(C)c3)n2)cc1. The Morgan fingerprint density at radius 3 is 2.24 bits per heavy atom. The molecule has 1 aromatic heterocycles.